The highest BCUT2D eigenvalue weighted by Gasteiger charge is 2.39. The minimum absolute atomic E-state index is 0.110. The molecule has 1 aromatic heterocycles. The lowest BCUT2D eigenvalue weighted by Gasteiger charge is -2.33. The molecule has 0 bridgehead atoms. The molecule has 1 saturated carbocycles. The topological polar surface area (TPSA) is 75.2 Å². The Morgan fingerprint density at radius 2 is 1.92 bits per heavy atom. The number of rotatable bonds is 6. The standard InChI is InChI=1S/C27H31F2N4O2P/c1-4-18-6-5-7-20(25(18)29)16(2)30-26-21-14-24(22(28)15-23(21)31-17(3)32-26)36(35)12-10-33(11-13-36)27(34)19-8-9-19/h5-7,14-16,19H,4,8-13H2,1-3H3,(H,30,31,32)/t16-/m1/s1. The Labute approximate surface area is 209 Å². The van der Waals surface area contributed by atoms with Crippen LogP contribution in [0.15, 0.2) is 30.3 Å². The van der Waals surface area contributed by atoms with Gasteiger partial charge in [-0.3, -0.25) is 4.79 Å². The monoisotopic (exact) mass is 512 g/mol. The van der Waals surface area contributed by atoms with Crippen molar-refractivity contribution in [3.05, 3.63) is 58.9 Å². The first-order valence-corrected chi connectivity index (χ1v) is 14.7. The fourth-order valence-corrected chi connectivity index (χ4v) is 7.66. The molecule has 1 aliphatic heterocycles. The van der Waals surface area contributed by atoms with Crippen LogP contribution in [0, 0.1) is 24.5 Å². The molecule has 2 aromatic carbocycles. The van der Waals surface area contributed by atoms with Crippen LogP contribution >= 0.6 is 7.14 Å². The lowest BCUT2D eigenvalue weighted by atomic mass is 10.0. The summed E-state index contributed by atoms with van der Waals surface area (Å²) in [6.45, 7) is 6.23. The molecular weight excluding hydrogens is 481 g/mol. The second-order valence-corrected chi connectivity index (χ2v) is 13.1. The number of benzene rings is 2. The maximum Gasteiger partial charge on any atom is 0.225 e. The van der Waals surface area contributed by atoms with Gasteiger partial charge in [0.05, 0.1) is 11.6 Å². The Kier molecular flexibility index (Phi) is 6.58. The van der Waals surface area contributed by atoms with Crippen LogP contribution in [-0.2, 0) is 15.8 Å². The van der Waals surface area contributed by atoms with Gasteiger partial charge in [0, 0.05) is 53.7 Å². The fraction of sp³-hybridized carbons (Fsp3) is 0.444. The quantitative estimate of drug-likeness (QED) is 0.460. The molecule has 1 N–H and O–H groups in total. The van der Waals surface area contributed by atoms with Gasteiger partial charge in [0.2, 0.25) is 5.91 Å². The van der Waals surface area contributed by atoms with E-state index in [4.69, 9.17) is 0 Å². The minimum atomic E-state index is -3.05. The molecule has 0 spiro atoms. The minimum Gasteiger partial charge on any atom is -0.363 e. The van der Waals surface area contributed by atoms with Crippen LogP contribution in [0.3, 0.4) is 0 Å². The number of anilines is 1. The molecule has 2 aliphatic rings. The molecule has 190 valence electrons. The maximum atomic E-state index is 15.3. The normalized spacial score (nSPS) is 18.3. The number of aryl methyl sites for hydroxylation is 2. The zero-order valence-corrected chi connectivity index (χ0v) is 21.7. The first kappa shape index (κ1) is 24.8. The van der Waals surface area contributed by atoms with Crippen LogP contribution in [0.1, 0.15) is 49.7 Å². The van der Waals surface area contributed by atoms with E-state index in [-0.39, 0.29) is 35.3 Å². The van der Waals surface area contributed by atoms with Gasteiger partial charge in [-0.15, -0.1) is 0 Å². The molecular formula is C27H31F2N4O2P. The van der Waals surface area contributed by atoms with Crippen LogP contribution in [0.4, 0.5) is 14.6 Å². The van der Waals surface area contributed by atoms with E-state index in [1.165, 1.54) is 6.07 Å². The molecule has 0 unspecified atom stereocenters. The highest BCUT2D eigenvalue weighted by molar-refractivity contribution is 7.71. The van der Waals surface area contributed by atoms with Gasteiger partial charge in [0.15, 0.2) is 0 Å². The molecule has 1 amide bonds. The van der Waals surface area contributed by atoms with Crippen molar-refractivity contribution < 1.29 is 18.1 Å². The summed E-state index contributed by atoms with van der Waals surface area (Å²) < 4.78 is 44.2. The van der Waals surface area contributed by atoms with E-state index in [1.54, 1.807) is 30.0 Å². The highest BCUT2D eigenvalue weighted by atomic mass is 31.2. The van der Waals surface area contributed by atoms with E-state index in [1.807, 2.05) is 19.9 Å². The number of amides is 1. The average molecular weight is 513 g/mol. The third kappa shape index (κ3) is 4.63. The molecule has 1 saturated heterocycles. The number of fused-ring (bicyclic) bond motifs is 1. The van der Waals surface area contributed by atoms with Gasteiger partial charge in [-0.05, 0) is 44.7 Å². The van der Waals surface area contributed by atoms with Crippen molar-refractivity contribution in [1.82, 2.24) is 14.9 Å². The Bertz CT molecular complexity index is 1380. The van der Waals surface area contributed by atoms with Crippen molar-refractivity contribution in [2.45, 2.75) is 46.1 Å². The van der Waals surface area contributed by atoms with E-state index in [2.05, 4.69) is 15.3 Å². The lowest BCUT2D eigenvalue weighted by Crippen LogP contribution is -2.42. The van der Waals surface area contributed by atoms with Gasteiger partial charge in [-0.1, -0.05) is 25.1 Å². The number of halogens is 2. The van der Waals surface area contributed by atoms with Gasteiger partial charge in [-0.25, -0.2) is 18.7 Å². The van der Waals surface area contributed by atoms with Gasteiger partial charge >= 0.3 is 0 Å². The third-order valence-electron chi connectivity index (χ3n) is 7.32. The molecule has 5 rings (SSSR count). The van der Waals surface area contributed by atoms with Gasteiger partial charge in [0.1, 0.15) is 30.4 Å². The van der Waals surface area contributed by atoms with Crippen molar-refractivity contribution in [1.29, 1.82) is 0 Å². The first-order valence-electron chi connectivity index (χ1n) is 12.6. The van der Waals surface area contributed by atoms with Crippen LogP contribution in [0.2, 0.25) is 0 Å². The summed E-state index contributed by atoms with van der Waals surface area (Å²) in [5.74, 6) is 0.334. The maximum absolute atomic E-state index is 15.3. The third-order valence-corrected chi connectivity index (χ3v) is 10.4. The second-order valence-electron chi connectivity index (χ2n) is 9.92. The Morgan fingerprint density at radius 3 is 2.58 bits per heavy atom. The number of nitrogens with one attached hydrogen (secondary N) is 1. The van der Waals surface area contributed by atoms with Crippen molar-refractivity contribution >= 4 is 35.1 Å². The molecule has 36 heavy (non-hydrogen) atoms. The largest absolute Gasteiger partial charge is 0.363 e. The molecule has 2 heterocycles. The van der Waals surface area contributed by atoms with Crippen LogP contribution < -0.4 is 10.6 Å². The summed E-state index contributed by atoms with van der Waals surface area (Å²) in [5, 5.41) is 4.00. The van der Waals surface area contributed by atoms with E-state index < -0.39 is 19.0 Å². The molecule has 1 atom stereocenters. The summed E-state index contributed by atoms with van der Waals surface area (Å²) in [6.07, 6.45) is 2.95. The molecule has 6 nitrogen and oxygen atoms in total. The summed E-state index contributed by atoms with van der Waals surface area (Å²) in [6, 6.07) is 7.84. The fourth-order valence-electron chi connectivity index (χ4n) is 5.01. The SMILES string of the molecule is CCc1cccc([C@@H](C)Nc2nc(C)nc3cc(F)c(P4(=O)CCN(C(=O)C5CC5)CC4)cc23)c1F. The molecule has 9 heteroatoms. The van der Waals surface area contributed by atoms with E-state index >= 15 is 4.39 Å². The highest BCUT2D eigenvalue weighted by Crippen LogP contribution is 2.48. The Hall–Kier alpha value is -2.86. The zero-order chi connectivity index (χ0) is 25.6. The van der Waals surface area contributed by atoms with Gasteiger partial charge in [0.25, 0.3) is 0 Å². The molecule has 0 radical (unpaired) electrons. The van der Waals surface area contributed by atoms with E-state index in [0.717, 1.165) is 12.8 Å². The molecule has 3 aromatic rings. The predicted molar refractivity (Wildman–Crippen MR) is 138 cm³/mol. The summed E-state index contributed by atoms with van der Waals surface area (Å²) >= 11 is 0. The van der Waals surface area contributed by atoms with E-state index in [0.29, 0.717) is 53.2 Å². The summed E-state index contributed by atoms with van der Waals surface area (Å²) in [4.78, 5) is 23.1. The number of hydrogen-bond acceptors (Lipinski definition) is 5. The number of nitrogens with zero attached hydrogens (tertiary/aromatic N) is 3. The Morgan fingerprint density at radius 1 is 1.19 bits per heavy atom. The summed E-state index contributed by atoms with van der Waals surface area (Å²) in [7, 11) is -3.05. The number of aromatic nitrogens is 2. The van der Waals surface area contributed by atoms with E-state index in [9.17, 15) is 13.8 Å². The first-order chi connectivity index (χ1) is 17.2. The van der Waals surface area contributed by atoms with Crippen molar-refractivity contribution in [2.75, 3.05) is 30.7 Å². The van der Waals surface area contributed by atoms with Crippen LogP contribution in [0.25, 0.3) is 10.9 Å². The Balaban J connectivity index is 1.47. The van der Waals surface area contributed by atoms with Crippen molar-refractivity contribution in [3.8, 4) is 0 Å². The van der Waals surface area contributed by atoms with Crippen LogP contribution in [-0.4, -0.2) is 46.2 Å². The summed E-state index contributed by atoms with van der Waals surface area (Å²) in [5.41, 5.74) is 1.55. The number of carbonyl (C=O) groups excluding carboxylic acids is 1. The number of carbonyl (C=O) groups is 1. The second kappa shape index (κ2) is 9.55. The van der Waals surface area contributed by atoms with Crippen LogP contribution in [0.5, 0.6) is 0 Å². The van der Waals surface area contributed by atoms with Crippen molar-refractivity contribution in [2.24, 2.45) is 5.92 Å². The smallest absolute Gasteiger partial charge is 0.225 e. The molecule has 1 aliphatic carbocycles. The molecule has 2 fully saturated rings. The van der Waals surface area contributed by atoms with Crippen molar-refractivity contribution in [3.63, 3.8) is 0 Å². The van der Waals surface area contributed by atoms with Gasteiger partial charge < -0.3 is 14.8 Å². The number of hydrogen-bond donors (Lipinski definition) is 1. The lowest BCUT2D eigenvalue weighted by molar-refractivity contribution is -0.132. The average Bonchev–Trinajstić information content (AvgIpc) is 3.69. The zero-order valence-electron chi connectivity index (χ0n) is 20.9. The van der Waals surface area contributed by atoms with Gasteiger partial charge in [-0.2, -0.15) is 0 Å². The predicted octanol–water partition coefficient (Wildman–Crippen LogP) is 5.19.